The van der Waals surface area contributed by atoms with Crippen LogP contribution in [0, 0.1) is 0 Å². The van der Waals surface area contributed by atoms with Crippen molar-refractivity contribution in [1.82, 2.24) is 14.7 Å². The third-order valence-electron chi connectivity index (χ3n) is 5.13. The average molecular weight is 347 g/mol. The Hall–Kier alpha value is -1.63. The molecule has 2 heterocycles. The Morgan fingerprint density at radius 2 is 1.88 bits per heavy atom. The highest BCUT2D eigenvalue weighted by Gasteiger charge is 2.39. The van der Waals surface area contributed by atoms with Crippen molar-refractivity contribution in [2.45, 2.75) is 18.4 Å². The van der Waals surface area contributed by atoms with Crippen molar-refractivity contribution in [1.29, 1.82) is 0 Å². The number of likely N-dealkylation sites (N-methyl/N-ethyl adjacent to an activating group) is 1. The van der Waals surface area contributed by atoms with E-state index in [-0.39, 0.29) is 5.91 Å². The molecule has 0 saturated carbocycles. The number of ether oxygens (including phenoxy) is 1. The van der Waals surface area contributed by atoms with Crippen LogP contribution in [0.5, 0.6) is 5.75 Å². The van der Waals surface area contributed by atoms with Crippen LogP contribution in [-0.4, -0.2) is 90.8 Å². The standard InChI is InChI=1S/C19H29N3O3/c1-20-10-12-21(13-11-20)15-19(24)8-9-22(16-19)18(23)7-14-25-17-5-3-2-4-6-17/h2-6,24H,7-16H2,1H3/t19-/m0/s1. The largest absolute Gasteiger partial charge is 0.493 e. The molecule has 1 amide bonds. The third kappa shape index (κ3) is 5.17. The monoisotopic (exact) mass is 347 g/mol. The second-order valence-corrected chi connectivity index (χ2v) is 7.28. The average Bonchev–Trinajstić information content (AvgIpc) is 3.00. The molecule has 1 aromatic rings. The zero-order valence-corrected chi connectivity index (χ0v) is 15.1. The fourth-order valence-electron chi connectivity index (χ4n) is 3.55. The Bertz CT molecular complexity index is 560. The third-order valence-corrected chi connectivity index (χ3v) is 5.13. The summed E-state index contributed by atoms with van der Waals surface area (Å²) in [5.41, 5.74) is -0.772. The molecular weight excluding hydrogens is 318 g/mol. The number of carbonyl (C=O) groups is 1. The molecule has 0 radical (unpaired) electrons. The predicted molar refractivity (Wildman–Crippen MR) is 96.6 cm³/mol. The first-order valence-corrected chi connectivity index (χ1v) is 9.13. The molecule has 0 unspecified atom stereocenters. The van der Waals surface area contributed by atoms with E-state index in [4.69, 9.17) is 4.74 Å². The number of hydrogen-bond acceptors (Lipinski definition) is 5. The normalized spacial score (nSPS) is 25.3. The molecule has 2 aliphatic heterocycles. The maximum absolute atomic E-state index is 12.4. The zero-order chi connectivity index (χ0) is 17.7. The first kappa shape index (κ1) is 18.2. The van der Waals surface area contributed by atoms with Crippen molar-refractivity contribution in [3.8, 4) is 5.75 Å². The van der Waals surface area contributed by atoms with Gasteiger partial charge in [0.2, 0.25) is 5.91 Å². The summed E-state index contributed by atoms with van der Waals surface area (Å²) in [6.45, 7) is 6.14. The highest BCUT2D eigenvalue weighted by Crippen LogP contribution is 2.23. The molecule has 0 aromatic heterocycles. The van der Waals surface area contributed by atoms with E-state index < -0.39 is 5.60 Å². The topological polar surface area (TPSA) is 56.2 Å². The second-order valence-electron chi connectivity index (χ2n) is 7.28. The zero-order valence-electron chi connectivity index (χ0n) is 15.1. The van der Waals surface area contributed by atoms with Gasteiger partial charge in [0.25, 0.3) is 0 Å². The van der Waals surface area contributed by atoms with E-state index in [0.29, 0.717) is 39.1 Å². The fourth-order valence-corrected chi connectivity index (χ4v) is 3.55. The molecule has 6 nitrogen and oxygen atoms in total. The Morgan fingerprint density at radius 3 is 2.60 bits per heavy atom. The van der Waals surface area contributed by atoms with Crippen LogP contribution in [0.1, 0.15) is 12.8 Å². The summed E-state index contributed by atoms with van der Waals surface area (Å²) in [5, 5.41) is 10.9. The molecule has 2 saturated heterocycles. The van der Waals surface area contributed by atoms with Gasteiger partial charge in [-0.2, -0.15) is 0 Å². The summed E-state index contributed by atoms with van der Waals surface area (Å²) in [5.74, 6) is 0.841. The van der Waals surface area contributed by atoms with Crippen molar-refractivity contribution < 1.29 is 14.6 Å². The van der Waals surface area contributed by atoms with Crippen LogP contribution in [0.3, 0.4) is 0 Å². The molecule has 1 atom stereocenters. The summed E-state index contributed by atoms with van der Waals surface area (Å²) in [7, 11) is 2.12. The van der Waals surface area contributed by atoms with Crippen molar-refractivity contribution in [3.05, 3.63) is 30.3 Å². The van der Waals surface area contributed by atoms with E-state index >= 15 is 0 Å². The van der Waals surface area contributed by atoms with Crippen molar-refractivity contribution in [2.24, 2.45) is 0 Å². The van der Waals surface area contributed by atoms with Crippen LogP contribution in [0.4, 0.5) is 0 Å². The number of piperazine rings is 1. The van der Waals surface area contributed by atoms with E-state index in [1.54, 1.807) is 4.90 Å². The number of aliphatic hydroxyl groups is 1. The lowest BCUT2D eigenvalue weighted by Gasteiger charge is -2.36. The molecular formula is C19H29N3O3. The number of β-amino-alcohol motifs (C(OH)–C–C–N with tert-alkyl or cyclic N) is 1. The van der Waals surface area contributed by atoms with Crippen molar-refractivity contribution in [2.75, 3.05) is 59.5 Å². The molecule has 2 aliphatic rings. The molecule has 2 fully saturated rings. The van der Waals surface area contributed by atoms with Crippen LogP contribution in [0.25, 0.3) is 0 Å². The predicted octanol–water partition coefficient (Wildman–Crippen LogP) is 0.666. The second kappa shape index (κ2) is 8.17. The molecule has 25 heavy (non-hydrogen) atoms. The molecule has 1 aromatic carbocycles. The number of rotatable bonds is 6. The molecule has 3 rings (SSSR count). The number of benzene rings is 1. The molecule has 138 valence electrons. The van der Waals surface area contributed by atoms with Gasteiger partial charge in [-0.05, 0) is 25.6 Å². The van der Waals surface area contributed by atoms with Gasteiger partial charge in [-0.1, -0.05) is 18.2 Å². The first-order valence-electron chi connectivity index (χ1n) is 9.13. The number of para-hydroxylation sites is 1. The van der Waals surface area contributed by atoms with E-state index in [0.717, 1.165) is 31.9 Å². The minimum absolute atomic E-state index is 0.0604. The molecule has 0 aliphatic carbocycles. The smallest absolute Gasteiger partial charge is 0.226 e. The Labute approximate surface area is 150 Å². The summed E-state index contributed by atoms with van der Waals surface area (Å²) >= 11 is 0. The Balaban J connectivity index is 1.41. The number of likely N-dealkylation sites (tertiary alicyclic amines) is 1. The Morgan fingerprint density at radius 1 is 1.16 bits per heavy atom. The first-order chi connectivity index (χ1) is 12.0. The van der Waals surface area contributed by atoms with Crippen LogP contribution in [-0.2, 0) is 4.79 Å². The van der Waals surface area contributed by atoms with Gasteiger partial charge >= 0.3 is 0 Å². The highest BCUT2D eigenvalue weighted by atomic mass is 16.5. The van der Waals surface area contributed by atoms with Gasteiger partial charge in [0, 0.05) is 39.3 Å². The molecule has 0 spiro atoms. The lowest BCUT2D eigenvalue weighted by molar-refractivity contribution is -0.131. The van der Waals surface area contributed by atoms with Gasteiger partial charge in [-0.25, -0.2) is 0 Å². The molecule has 6 heteroatoms. The number of amides is 1. The fraction of sp³-hybridized carbons (Fsp3) is 0.632. The van der Waals surface area contributed by atoms with Gasteiger partial charge in [0.15, 0.2) is 0 Å². The van der Waals surface area contributed by atoms with Crippen LogP contribution in [0.2, 0.25) is 0 Å². The van der Waals surface area contributed by atoms with Gasteiger partial charge < -0.3 is 19.6 Å². The van der Waals surface area contributed by atoms with Crippen molar-refractivity contribution >= 4 is 5.91 Å². The van der Waals surface area contributed by atoms with Crippen molar-refractivity contribution in [3.63, 3.8) is 0 Å². The minimum Gasteiger partial charge on any atom is -0.493 e. The maximum Gasteiger partial charge on any atom is 0.226 e. The molecule has 1 N–H and O–H groups in total. The van der Waals surface area contributed by atoms with E-state index in [1.165, 1.54) is 0 Å². The SMILES string of the molecule is CN1CCN(C[C@@]2(O)CCN(C(=O)CCOc3ccccc3)C2)CC1. The quantitative estimate of drug-likeness (QED) is 0.820. The lowest BCUT2D eigenvalue weighted by Crippen LogP contribution is -2.52. The van der Waals surface area contributed by atoms with Gasteiger partial charge in [0.05, 0.1) is 25.2 Å². The van der Waals surface area contributed by atoms with E-state index in [9.17, 15) is 9.90 Å². The number of nitrogens with zero attached hydrogens (tertiary/aromatic N) is 3. The minimum atomic E-state index is -0.772. The Kier molecular flexibility index (Phi) is 5.93. The maximum atomic E-state index is 12.4. The van der Waals surface area contributed by atoms with Crippen LogP contribution in [0.15, 0.2) is 30.3 Å². The van der Waals surface area contributed by atoms with Crippen LogP contribution >= 0.6 is 0 Å². The summed E-state index contributed by atoms with van der Waals surface area (Å²) in [4.78, 5) is 18.8. The number of carbonyl (C=O) groups excluding carboxylic acids is 1. The van der Waals surface area contributed by atoms with E-state index in [2.05, 4.69) is 16.8 Å². The highest BCUT2D eigenvalue weighted by molar-refractivity contribution is 5.76. The number of hydrogen-bond donors (Lipinski definition) is 1. The van der Waals surface area contributed by atoms with Gasteiger partial charge in [0.1, 0.15) is 5.75 Å². The summed E-state index contributed by atoms with van der Waals surface area (Å²) < 4.78 is 5.60. The van der Waals surface area contributed by atoms with Gasteiger partial charge in [-0.3, -0.25) is 9.69 Å². The lowest BCUT2D eigenvalue weighted by atomic mass is 10.0. The summed E-state index contributed by atoms with van der Waals surface area (Å²) in [6.07, 6.45) is 1.00. The summed E-state index contributed by atoms with van der Waals surface area (Å²) in [6, 6.07) is 9.53. The van der Waals surface area contributed by atoms with Crippen LogP contribution < -0.4 is 4.74 Å². The van der Waals surface area contributed by atoms with E-state index in [1.807, 2.05) is 30.3 Å². The molecule has 0 bridgehead atoms. The van der Waals surface area contributed by atoms with Gasteiger partial charge in [-0.15, -0.1) is 0 Å².